The highest BCUT2D eigenvalue weighted by molar-refractivity contribution is 5.39. The third-order valence-corrected chi connectivity index (χ3v) is 3.18. The van der Waals surface area contributed by atoms with E-state index >= 15 is 0 Å². The van der Waals surface area contributed by atoms with Crippen molar-refractivity contribution >= 4 is 0 Å². The van der Waals surface area contributed by atoms with Crippen LogP contribution in [0.1, 0.15) is 22.4 Å². The van der Waals surface area contributed by atoms with Crippen LogP contribution in [0, 0.1) is 13.8 Å². The van der Waals surface area contributed by atoms with Crippen LogP contribution in [0.5, 0.6) is 11.6 Å². The Kier molecular flexibility index (Phi) is 4.71. The Morgan fingerprint density at radius 1 is 1.20 bits per heavy atom. The van der Waals surface area contributed by atoms with Crippen molar-refractivity contribution in [3.8, 4) is 11.6 Å². The molecule has 2 aromatic rings. The minimum atomic E-state index is 0.149. The molecule has 0 spiro atoms. The van der Waals surface area contributed by atoms with Crippen LogP contribution in [0.25, 0.3) is 0 Å². The van der Waals surface area contributed by atoms with E-state index in [2.05, 4.69) is 4.98 Å². The SMILES string of the molecule is Cc1cc(C)c(CN)c(Oc2ccc(CCO)cc2)n1. The fraction of sp³-hybridized carbons (Fsp3) is 0.312. The highest BCUT2D eigenvalue weighted by Gasteiger charge is 2.09. The molecule has 0 radical (unpaired) electrons. The fourth-order valence-corrected chi connectivity index (χ4v) is 2.13. The van der Waals surface area contributed by atoms with Gasteiger partial charge in [-0.05, 0) is 49.6 Å². The summed E-state index contributed by atoms with van der Waals surface area (Å²) in [5.41, 5.74) is 9.77. The molecule has 106 valence electrons. The van der Waals surface area contributed by atoms with Crippen LogP contribution in [-0.2, 0) is 13.0 Å². The summed E-state index contributed by atoms with van der Waals surface area (Å²) < 4.78 is 5.84. The van der Waals surface area contributed by atoms with Crippen LogP contribution >= 0.6 is 0 Å². The molecule has 0 fully saturated rings. The average Bonchev–Trinajstić information content (AvgIpc) is 2.41. The number of benzene rings is 1. The number of aliphatic hydroxyl groups excluding tert-OH is 1. The van der Waals surface area contributed by atoms with Gasteiger partial charge in [-0.3, -0.25) is 0 Å². The van der Waals surface area contributed by atoms with Crippen LogP contribution in [0.15, 0.2) is 30.3 Å². The van der Waals surface area contributed by atoms with E-state index in [9.17, 15) is 0 Å². The summed E-state index contributed by atoms with van der Waals surface area (Å²) in [6.45, 7) is 4.49. The molecule has 0 aliphatic carbocycles. The van der Waals surface area contributed by atoms with Crippen molar-refractivity contribution in [3.63, 3.8) is 0 Å². The minimum absolute atomic E-state index is 0.149. The molecule has 3 N–H and O–H groups in total. The van der Waals surface area contributed by atoms with Crippen molar-refractivity contribution < 1.29 is 9.84 Å². The molecular weight excluding hydrogens is 252 g/mol. The lowest BCUT2D eigenvalue weighted by atomic mass is 10.1. The predicted molar refractivity (Wildman–Crippen MR) is 78.9 cm³/mol. The maximum atomic E-state index is 8.90. The van der Waals surface area contributed by atoms with Crippen LogP contribution in [0.3, 0.4) is 0 Å². The van der Waals surface area contributed by atoms with Gasteiger partial charge in [0.2, 0.25) is 5.88 Å². The lowest BCUT2D eigenvalue weighted by Crippen LogP contribution is -2.05. The lowest BCUT2D eigenvalue weighted by molar-refractivity contribution is 0.299. The van der Waals surface area contributed by atoms with Crippen LogP contribution < -0.4 is 10.5 Å². The molecule has 4 nitrogen and oxygen atoms in total. The molecule has 1 heterocycles. The average molecular weight is 272 g/mol. The Labute approximate surface area is 119 Å². The molecule has 0 aliphatic rings. The van der Waals surface area contributed by atoms with Crippen LogP contribution in [-0.4, -0.2) is 16.7 Å². The number of aryl methyl sites for hydroxylation is 2. The first-order chi connectivity index (χ1) is 9.63. The van der Waals surface area contributed by atoms with Crippen molar-refractivity contribution in [2.24, 2.45) is 5.73 Å². The zero-order valence-electron chi connectivity index (χ0n) is 11.9. The lowest BCUT2D eigenvalue weighted by Gasteiger charge is -2.12. The van der Waals surface area contributed by atoms with Gasteiger partial charge < -0.3 is 15.6 Å². The first-order valence-electron chi connectivity index (χ1n) is 6.69. The fourth-order valence-electron chi connectivity index (χ4n) is 2.13. The number of pyridine rings is 1. The molecule has 0 bridgehead atoms. The topological polar surface area (TPSA) is 68.4 Å². The van der Waals surface area contributed by atoms with E-state index in [1.54, 1.807) is 0 Å². The molecule has 0 amide bonds. The molecule has 0 aliphatic heterocycles. The van der Waals surface area contributed by atoms with E-state index in [0.29, 0.717) is 18.8 Å². The van der Waals surface area contributed by atoms with Crippen molar-refractivity contribution in [3.05, 3.63) is 52.7 Å². The molecule has 1 aromatic carbocycles. The summed E-state index contributed by atoms with van der Waals surface area (Å²) in [7, 11) is 0. The third kappa shape index (κ3) is 3.35. The Morgan fingerprint density at radius 3 is 2.50 bits per heavy atom. The van der Waals surface area contributed by atoms with E-state index in [4.69, 9.17) is 15.6 Å². The number of ether oxygens (including phenoxy) is 1. The molecule has 0 atom stereocenters. The van der Waals surface area contributed by atoms with Crippen molar-refractivity contribution in [2.75, 3.05) is 6.61 Å². The van der Waals surface area contributed by atoms with Gasteiger partial charge in [0.15, 0.2) is 0 Å². The Balaban J connectivity index is 2.25. The van der Waals surface area contributed by atoms with Gasteiger partial charge in [-0.15, -0.1) is 0 Å². The second kappa shape index (κ2) is 6.50. The second-order valence-electron chi connectivity index (χ2n) is 4.79. The van der Waals surface area contributed by atoms with Crippen LogP contribution in [0.4, 0.5) is 0 Å². The van der Waals surface area contributed by atoms with Crippen molar-refractivity contribution in [1.82, 2.24) is 4.98 Å². The van der Waals surface area contributed by atoms with E-state index in [1.165, 1.54) is 0 Å². The standard InChI is InChI=1S/C16H20N2O2/c1-11-9-12(2)18-16(15(11)10-17)20-14-5-3-13(4-6-14)7-8-19/h3-6,9,19H,7-8,10,17H2,1-2H3. The van der Waals surface area contributed by atoms with E-state index in [-0.39, 0.29) is 6.61 Å². The highest BCUT2D eigenvalue weighted by atomic mass is 16.5. The summed E-state index contributed by atoms with van der Waals surface area (Å²) >= 11 is 0. The van der Waals surface area contributed by atoms with Gasteiger partial charge in [0, 0.05) is 24.4 Å². The number of nitrogens with two attached hydrogens (primary N) is 1. The summed E-state index contributed by atoms with van der Waals surface area (Å²) in [6.07, 6.45) is 0.649. The van der Waals surface area contributed by atoms with Crippen LogP contribution in [0.2, 0.25) is 0 Å². The molecule has 0 saturated carbocycles. The van der Waals surface area contributed by atoms with Gasteiger partial charge in [-0.1, -0.05) is 12.1 Å². The van der Waals surface area contributed by atoms with E-state index < -0.39 is 0 Å². The van der Waals surface area contributed by atoms with E-state index in [1.807, 2.05) is 44.2 Å². The quantitative estimate of drug-likeness (QED) is 0.877. The van der Waals surface area contributed by atoms with Gasteiger partial charge >= 0.3 is 0 Å². The molecular formula is C16H20N2O2. The Hall–Kier alpha value is -1.91. The number of hydrogen-bond acceptors (Lipinski definition) is 4. The number of aliphatic hydroxyl groups is 1. The van der Waals surface area contributed by atoms with Gasteiger partial charge in [0.05, 0.1) is 0 Å². The summed E-state index contributed by atoms with van der Waals surface area (Å²) in [4.78, 5) is 4.42. The first-order valence-corrected chi connectivity index (χ1v) is 6.69. The zero-order chi connectivity index (χ0) is 14.5. The number of rotatable bonds is 5. The predicted octanol–water partition coefficient (Wildman–Crippen LogP) is 2.48. The normalized spacial score (nSPS) is 10.6. The molecule has 0 unspecified atom stereocenters. The first kappa shape index (κ1) is 14.5. The van der Waals surface area contributed by atoms with E-state index in [0.717, 1.165) is 28.1 Å². The molecule has 1 aromatic heterocycles. The van der Waals surface area contributed by atoms with Crippen molar-refractivity contribution in [2.45, 2.75) is 26.8 Å². The Morgan fingerprint density at radius 2 is 1.90 bits per heavy atom. The summed E-state index contributed by atoms with van der Waals surface area (Å²) in [5, 5.41) is 8.90. The van der Waals surface area contributed by atoms with Gasteiger partial charge in [-0.25, -0.2) is 4.98 Å². The summed E-state index contributed by atoms with van der Waals surface area (Å²) in [5.74, 6) is 1.29. The molecule has 2 rings (SSSR count). The van der Waals surface area contributed by atoms with Crippen molar-refractivity contribution in [1.29, 1.82) is 0 Å². The van der Waals surface area contributed by atoms with Gasteiger partial charge in [0.1, 0.15) is 5.75 Å². The number of hydrogen-bond donors (Lipinski definition) is 2. The Bertz CT molecular complexity index is 580. The van der Waals surface area contributed by atoms with Gasteiger partial charge in [0.25, 0.3) is 0 Å². The minimum Gasteiger partial charge on any atom is -0.439 e. The highest BCUT2D eigenvalue weighted by Crippen LogP contribution is 2.26. The smallest absolute Gasteiger partial charge is 0.224 e. The molecule has 0 saturated heterocycles. The monoisotopic (exact) mass is 272 g/mol. The molecule has 4 heteroatoms. The molecule has 20 heavy (non-hydrogen) atoms. The second-order valence-corrected chi connectivity index (χ2v) is 4.79. The maximum absolute atomic E-state index is 8.90. The summed E-state index contributed by atoms with van der Waals surface area (Å²) in [6, 6.07) is 9.64. The maximum Gasteiger partial charge on any atom is 0.224 e. The zero-order valence-corrected chi connectivity index (χ0v) is 11.9. The number of aromatic nitrogens is 1. The largest absolute Gasteiger partial charge is 0.439 e. The van der Waals surface area contributed by atoms with Gasteiger partial charge in [-0.2, -0.15) is 0 Å². The third-order valence-electron chi connectivity index (χ3n) is 3.18. The number of nitrogens with zero attached hydrogens (tertiary/aromatic N) is 1.